The number of hydrogen-bond donors (Lipinski definition) is 0. The van der Waals surface area contributed by atoms with Crippen LogP contribution in [-0.2, 0) is 0 Å². The van der Waals surface area contributed by atoms with E-state index in [1.54, 1.807) is 0 Å². The van der Waals surface area contributed by atoms with Gasteiger partial charge in [-0.25, -0.2) is 0 Å². The highest BCUT2D eigenvalue weighted by Gasteiger charge is 2.25. The van der Waals surface area contributed by atoms with E-state index in [9.17, 15) is 0 Å². The maximum absolute atomic E-state index is 2.64. The molecule has 0 radical (unpaired) electrons. The Morgan fingerprint density at radius 3 is 2.21 bits per heavy atom. The van der Waals surface area contributed by atoms with E-state index in [1.165, 1.54) is 101 Å². The molecule has 1 fully saturated rings. The third-order valence-corrected chi connectivity index (χ3v) is 5.71. The molecule has 1 saturated heterocycles. The third kappa shape index (κ3) is 6.84. The molecular formula is C22H39N2+. The van der Waals surface area contributed by atoms with Crippen LogP contribution in [0.3, 0.4) is 0 Å². The predicted molar refractivity (Wildman–Crippen MR) is 107 cm³/mol. The van der Waals surface area contributed by atoms with Crippen molar-refractivity contribution in [2.45, 2.75) is 64.7 Å². The SMILES string of the molecule is CCCCCCCCN(CC[N+]1(C)CCCCC1)c1ccccc1. The molecule has 0 atom stereocenters. The maximum atomic E-state index is 2.64. The van der Waals surface area contributed by atoms with Crippen molar-refractivity contribution in [3.63, 3.8) is 0 Å². The summed E-state index contributed by atoms with van der Waals surface area (Å²) in [7, 11) is 2.47. The molecule has 0 saturated carbocycles. The fourth-order valence-corrected chi connectivity index (χ4v) is 3.95. The summed E-state index contributed by atoms with van der Waals surface area (Å²) in [6, 6.07) is 11.1. The average Bonchev–Trinajstić information content (AvgIpc) is 2.62. The van der Waals surface area contributed by atoms with E-state index in [1.807, 2.05) is 0 Å². The Kier molecular flexibility index (Phi) is 8.66. The quantitative estimate of drug-likeness (QED) is 0.383. The van der Waals surface area contributed by atoms with Gasteiger partial charge >= 0.3 is 0 Å². The lowest BCUT2D eigenvalue weighted by molar-refractivity contribution is -0.912. The van der Waals surface area contributed by atoms with Gasteiger partial charge in [0.2, 0.25) is 0 Å². The van der Waals surface area contributed by atoms with Crippen LogP contribution in [0.1, 0.15) is 64.7 Å². The second kappa shape index (κ2) is 10.8. The maximum Gasteiger partial charge on any atom is 0.0962 e. The van der Waals surface area contributed by atoms with E-state index in [0.717, 1.165) is 0 Å². The Morgan fingerprint density at radius 2 is 1.50 bits per heavy atom. The van der Waals surface area contributed by atoms with Crippen molar-refractivity contribution in [3.8, 4) is 0 Å². The van der Waals surface area contributed by atoms with Crippen molar-refractivity contribution in [2.75, 3.05) is 44.7 Å². The lowest BCUT2D eigenvalue weighted by Crippen LogP contribution is -2.51. The zero-order chi connectivity index (χ0) is 17.1. The van der Waals surface area contributed by atoms with Crippen molar-refractivity contribution < 1.29 is 4.48 Å². The Morgan fingerprint density at radius 1 is 0.833 bits per heavy atom. The van der Waals surface area contributed by atoms with Gasteiger partial charge in [0.25, 0.3) is 0 Å². The molecular weight excluding hydrogens is 292 g/mol. The summed E-state index contributed by atoms with van der Waals surface area (Å²) in [5.41, 5.74) is 1.41. The normalized spacial score (nSPS) is 16.9. The van der Waals surface area contributed by atoms with Crippen LogP contribution < -0.4 is 4.90 Å². The van der Waals surface area contributed by atoms with Crippen molar-refractivity contribution in [3.05, 3.63) is 30.3 Å². The lowest BCUT2D eigenvalue weighted by atomic mass is 10.1. The Bertz CT molecular complexity index is 423. The first kappa shape index (κ1) is 19.3. The number of anilines is 1. The van der Waals surface area contributed by atoms with Crippen LogP contribution in [0.2, 0.25) is 0 Å². The van der Waals surface area contributed by atoms with Crippen LogP contribution in [0.25, 0.3) is 0 Å². The van der Waals surface area contributed by atoms with Crippen LogP contribution in [-0.4, -0.2) is 44.3 Å². The van der Waals surface area contributed by atoms with Gasteiger partial charge in [-0.05, 0) is 37.8 Å². The number of piperidine rings is 1. The van der Waals surface area contributed by atoms with Crippen molar-refractivity contribution in [1.29, 1.82) is 0 Å². The molecule has 0 N–H and O–H groups in total. The van der Waals surface area contributed by atoms with Crippen molar-refractivity contribution >= 4 is 5.69 Å². The van der Waals surface area contributed by atoms with Crippen molar-refractivity contribution in [1.82, 2.24) is 0 Å². The van der Waals surface area contributed by atoms with Crippen LogP contribution in [0.4, 0.5) is 5.69 Å². The first-order valence-electron chi connectivity index (χ1n) is 10.4. The molecule has 1 aromatic rings. The Balaban J connectivity index is 1.81. The van der Waals surface area contributed by atoms with E-state index >= 15 is 0 Å². The van der Waals surface area contributed by atoms with Gasteiger partial charge < -0.3 is 9.38 Å². The van der Waals surface area contributed by atoms with E-state index in [4.69, 9.17) is 0 Å². The van der Waals surface area contributed by atoms with Gasteiger partial charge in [0, 0.05) is 12.2 Å². The number of quaternary nitrogens is 1. The van der Waals surface area contributed by atoms with Crippen LogP contribution in [0, 0.1) is 0 Å². The molecule has 1 aliphatic heterocycles. The largest absolute Gasteiger partial charge is 0.366 e. The Hall–Kier alpha value is -1.02. The molecule has 0 spiro atoms. The summed E-state index contributed by atoms with van der Waals surface area (Å²) in [5.74, 6) is 0. The number of nitrogens with zero attached hydrogens (tertiary/aromatic N) is 2. The summed E-state index contributed by atoms with van der Waals surface area (Å²) in [6.45, 7) is 8.76. The summed E-state index contributed by atoms with van der Waals surface area (Å²) in [4.78, 5) is 2.64. The standard InChI is InChI=1S/C22H39N2/c1-3-4-5-6-7-12-17-23(22-15-10-8-11-16-22)18-21-24(2)19-13-9-14-20-24/h8,10-11,15-16H,3-7,9,12-14,17-21H2,1-2H3/q+1. The number of unbranched alkanes of at least 4 members (excludes halogenated alkanes) is 5. The molecule has 0 aliphatic carbocycles. The number of likely N-dealkylation sites (N-methyl/N-ethyl adjacent to an activating group) is 1. The molecule has 136 valence electrons. The summed E-state index contributed by atoms with van der Waals surface area (Å²) in [5, 5.41) is 0. The molecule has 0 aromatic heterocycles. The molecule has 2 nitrogen and oxygen atoms in total. The number of para-hydroxylation sites is 1. The van der Waals surface area contributed by atoms with Gasteiger partial charge in [-0.2, -0.15) is 0 Å². The fraction of sp³-hybridized carbons (Fsp3) is 0.727. The minimum absolute atomic E-state index is 1.20. The lowest BCUT2D eigenvalue weighted by Gasteiger charge is -2.39. The third-order valence-electron chi connectivity index (χ3n) is 5.71. The van der Waals surface area contributed by atoms with E-state index in [2.05, 4.69) is 49.2 Å². The number of rotatable bonds is 11. The number of hydrogen-bond acceptors (Lipinski definition) is 1. The molecule has 1 aliphatic rings. The zero-order valence-corrected chi connectivity index (χ0v) is 16.2. The molecule has 1 heterocycles. The highest BCUT2D eigenvalue weighted by molar-refractivity contribution is 5.45. The molecule has 0 amide bonds. The van der Waals surface area contributed by atoms with Gasteiger partial charge in [-0.15, -0.1) is 0 Å². The van der Waals surface area contributed by atoms with Gasteiger partial charge in [0.15, 0.2) is 0 Å². The van der Waals surface area contributed by atoms with Gasteiger partial charge in [0.1, 0.15) is 0 Å². The van der Waals surface area contributed by atoms with Crippen molar-refractivity contribution in [2.24, 2.45) is 0 Å². The minimum Gasteiger partial charge on any atom is -0.366 e. The minimum atomic E-state index is 1.20. The summed E-state index contributed by atoms with van der Waals surface area (Å²) in [6.07, 6.45) is 12.6. The van der Waals surface area contributed by atoms with Gasteiger partial charge in [0.05, 0.1) is 33.2 Å². The molecule has 0 bridgehead atoms. The van der Waals surface area contributed by atoms with Crippen LogP contribution in [0.5, 0.6) is 0 Å². The second-order valence-corrected chi connectivity index (χ2v) is 7.94. The summed E-state index contributed by atoms with van der Waals surface area (Å²) < 4.78 is 1.28. The number of benzene rings is 1. The van der Waals surface area contributed by atoms with Gasteiger partial charge in [-0.3, -0.25) is 0 Å². The van der Waals surface area contributed by atoms with E-state index < -0.39 is 0 Å². The van der Waals surface area contributed by atoms with E-state index in [-0.39, 0.29) is 0 Å². The van der Waals surface area contributed by atoms with E-state index in [0.29, 0.717) is 0 Å². The molecule has 1 aromatic carbocycles. The molecule has 24 heavy (non-hydrogen) atoms. The molecule has 2 rings (SSSR count). The van der Waals surface area contributed by atoms with Crippen LogP contribution in [0.15, 0.2) is 30.3 Å². The Labute approximate surface area is 150 Å². The highest BCUT2D eigenvalue weighted by atomic mass is 15.3. The fourth-order valence-electron chi connectivity index (χ4n) is 3.95. The average molecular weight is 332 g/mol. The number of likely N-dealkylation sites (tertiary alicyclic amines) is 1. The highest BCUT2D eigenvalue weighted by Crippen LogP contribution is 2.19. The first-order valence-corrected chi connectivity index (χ1v) is 10.4. The van der Waals surface area contributed by atoms with Crippen LogP contribution >= 0.6 is 0 Å². The zero-order valence-electron chi connectivity index (χ0n) is 16.2. The smallest absolute Gasteiger partial charge is 0.0962 e. The molecule has 0 unspecified atom stereocenters. The monoisotopic (exact) mass is 331 g/mol. The van der Waals surface area contributed by atoms with Gasteiger partial charge in [-0.1, -0.05) is 57.2 Å². The first-order chi connectivity index (χ1) is 11.7. The molecule has 2 heteroatoms. The predicted octanol–water partition coefficient (Wildman–Crippen LogP) is 5.48. The topological polar surface area (TPSA) is 3.24 Å². The second-order valence-electron chi connectivity index (χ2n) is 7.94. The summed E-state index contributed by atoms with van der Waals surface area (Å²) >= 11 is 0.